The fourth-order valence-electron chi connectivity index (χ4n) is 2.36. The summed E-state index contributed by atoms with van der Waals surface area (Å²) < 4.78 is 0. The smallest absolute Gasteiger partial charge is 0.00822 e. The van der Waals surface area contributed by atoms with Crippen LogP contribution in [0.25, 0.3) is 0 Å². The first kappa shape index (κ1) is 12.1. The van der Waals surface area contributed by atoms with E-state index in [4.69, 9.17) is 0 Å². The Hall–Kier alpha value is -0.380. The zero-order valence-electron chi connectivity index (χ0n) is 10.0. The zero-order chi connectivity index (χ0) is 11.2. The Morgan fingerprint density at radius 3 is 3.25 bits per heavy atom. The van der Waals surface area contributed by atoms with Gasteiger partial charge in [-0.15, -0.1) is 11.3 Å². The van der Waals surface area contributed by atoms with Gasteiger partial charge in [-0.2, -0.15) is 0 Å². The first-order valence-electron chi connectivity index (χ1n) is 6.34. The highest BCUT2D eigenvalue weighted by molar-refractivity contribution is 7.09. The highest BCUT2D eigenvalue weighted by Gasteiger charge is 2.16. The highest BCUT2D eigenvalue weighted by atomic mass is 32.1. The molecule has 3 heteroatoms. The van der Waals surface area contributed by atoms with Crippen molar-refractivity contribution < 1.29 is 0 Å². The summed E-state index contributed by atoms with van der Waals surface area (Å²) in [7, 11) is 0. The lowest BCUT2D eigenvalue weighted by atomic mass is 10.1. The molecule has 90 valence electrons. The van der Waals surface area contributed by atoms with Crippen LogP contribution in [0.3, 0.4) is 0 Å². The fourth-order valence-corrected chi connectivity index (χ4v) is 3.07. The molecular weight excluding hydrogens is 216 g/mol. The molecule has 1 aromatic heterocycles. The molecule has 2 N–H and O–H groups in total. The molecule has 2 atom stereocenters. The average molecular weight is 238 g/mol. The Bertz CT molecular complexity index is 278. The van der Waals surface area contributed by atoms with Gasteiger partial charge in [0.2, 0.25) is 0 Å². The lowest BCUT2D eigenvalue weighted by Crippen LogP contribution is -2.34. The van der Waals surface area contributed by atoms with E-state index in [9.17, 15) is 0 Å². The molecule has 2 heterocycles. The van der Waals surface area contributed by atoms with E-state index < -0.39 is 0 Å². The van der Waals surface area contributed by atoms with E-state index in [-0.39, 0.29) is 0 Å². The molecule has 1 fully saturated rings. The van der Waals surface area contributed by atoms with Crippen LogP contribution in [0.2, 0.25) is 0 Å². The maximum absolute atomic E-state index is 3.61. The largest absolute Gasteiger partial charge is 0.314 e. The maximum Gasteiger partial charge on any atom is 0.00822 e. The van der Waals surface area contributed by atoms with E-state index in [2.05, 4.69) is 35.1 Å². The van der Waals surface area contributed by atoms with Gasteiger partial charge in [0.1, 0.15) is 0 Å². The van der Waals surface area contributed by atoms with Crippen molar-refractivity contribution in [2.75, 3.05) is 13.1 Å². The number of hydrogen-bond acceptors (Lipinski definition) is 3. The number of rotatable bonds is 6. The maximum atomic E-state index is 3.61. The minimum Gasteiger partial charge on any atom is -0.314 e. The molecule has 0 bridgehead atoms. The van der Waals surface area contributed by atoms with Gasteiger partial charge < -0.3 is 10.6 Å². The van der Waals surface area contributed by atoms with E-state index in [1.165, 1.54) is 37.1 Å². The van der Waals surface area contributed by atoms with Gasteiger partial charge in [0, 0.05) is 23.5 Å². The predicted molar refractivity (Wildman–Crippen MR) is 71.1 cm³/mol. The second-order valence-electron chi connectivity index (χ2n) is 4.71. The van der Waals surface area contributed by atoms with Crippen LogP contribution in [0.1, 0.15) is 31.1 Å². The SMILES string of the molecule is CC(CC1CCCN1)NCCc1cccs1. The minimum absolute atomic E-state index is 0.635. The quantitative estimate of drug-likeness (QED) is 0.795. The number of nitrogens with one attached hydrogen (secondary N) is 2. The third kappa shape index (κ3) is 3.89. The Morgan fingerprint density at radius 1 is 1.62 bits per heavy atom. The van der Waals surface area contributed by atoms with Crippen molar-refractivity contribution in [3.63, 3.8) is 0 Å². The topological polar surface area (TPSA) is 24.1 Å². The standard InChI is InChI=1S/C13H22N2S/c1-11(10-12-4-2-7-15-12)14-8-6-13-5-3-9-16-13/h3,5,9,11-12,14-15H,2,4,6-8,10H2,1H3. The van der Waals surface area contributed by atoms with Crippen LogP contribution in [0.4, 0.5) is 0 Å². The molecule has 2 nitrogen and oxygen atoms in total. The molecule has 2 unspecified atom stereocenters. The van der Waals surface area contributed by atoms with E-state index >= 15 is 0 Å². The van der Waals surface area contributed by atoms with Crippen LogP contribution >= 0.6 is 11.3 Å². The monoisotopic (exact) mass is 238 g/mol. The molecule has 0 radical (unpaired) electrons. The molecule has 1 aliphatic heterocycles. The molecule has 16 heavy (non-hydrogen) atoms. The average Bonchev–Trinajstić information content (AvgIpc) is 2.90. The first-order valence-corrected chi connectivity index (χ1v) is 7.21. The second kappa shape index (κ2) is 6.38. The van der Waals surface area contributed by atoms with Crippen LogP contribution in [0, 0.1) is 0 Å². The molecule has 0 amide bonds. The van der Waals surface area contributed by atoms with Crippen LogP contribution in [0.5, 0.6) is 0 Å². The van der Waals surface area contributed by atoms with Crippen molar-refractivity contribution in [2.45, 2.75) is 44.7 Å². The third-order valence-electron chi connectivity index (χ3n) is 3.24. The van der Waals surface area contributed by atoms with Gasteiger partial charge in [-0.25, -0.2) is 0 Å². The van der Waals surface area contributed by atoms with Gasteiger partial charge in [0.05, 0.1) is 0 Å². The first-order chi connectivity index (χ1) is 7.84. The van der Waals surface area contributed by atoms with E-state index in [0.717, 1.165) is 12.6 Å². The minimum atomic E-state index is 0.635. The summed E-state index contributed by atoms with van der Waals surface area (Å²) in [5.74, 6) is 0. The van der Waals surface area contributed by atoms with Crippen LogP contribution in [-0.4, -0.2) is 25.2 Å². The Kier molecular flexibility index (Phi) is 4.82. The van der Waals surface area contributed by atoms with E-state index in [1.807, 2.05) is 11.3 Å². The summed E-state index contributed by atoms with van der Waals surface area (Å²) in [5, 5.41) is 9.32. The van der Waals surface area contributed by atoms with Crippen LogP contribution < -0.4 is 10.6 Å². The Morgan fingerprint density at radius 2 is 2.56 bits per heavy atom. The molecule has 1 aliphatic rings. The van der Waals surface area contributed by atoms with Crippen molar-refractivity contribution in [3.8, 4) is 0 Å². The highest BCUT2D eigenvalue weighted by Crippen LogP contribution is 2.11. The van der Waals surface area contributed by atoms with Gasteiger partial charge >= 0.3 is 0 Å². The van der Waals surface area contributed by atoms with Crippen LogP contribution in [-0.2, 0) is 6.42 Å². The molecule has 0 aromatic carbocycles. The van der Waals surface area contributed by atoms with Gasteiger partial charge in [-0.3, -0.25) is 0 Å². The summed E-state index contributed by atoms with van der Waals surface area (Å²) in [5.41, 5.74) is 0. The second-order valence-corrected chi connectivity index (χ2v) is 5.75. The third-order valence-corrected chi connectivity index (χ3v) is 4.18. The van der Waals surface area contributed by atoms with Gasteiger partial charge in [-0.1, -0.05) is 6.07 Å². The van der Waals surface area contributed by atoms with Crippen molar-refractivity contribution in [1.82, 2.24) is 10.6 Å². The lowest BCUT2D eigenvalue weighted by Gasteiger charge is -2.18. The van der Waals surface area contributed by atoms with E-state index in [1.54, 1.807) is 0 Å². The summed E-state index contributed by atoms with van der Waals surface area (Å²) in [6, 6.07) is 5.74. The Balaban J connectivity index is 1.58. The van der Waals surface area contributed by atoms with Crippen molar-refractivity contribution in [1.29, 1.82) is 0 Å². The molecule has 2 rings (SSSR count). The van der Waals surface area contributed by atoms with Gasteiger partial charge in [0.25, 0.3) is 0 Å². The summed E-state index contributed by atoms with van der Waals surface area (Å²) in [6.07, 6.45) is 5.15. The summed E-state index contributed by atoms with van der Waals surface area (Å²) >= 11 is 1.86. The van der Waals surface area contributed by atoms with Crippen LogP contribution in [0.15, 0.2) is 17.5 Å². The van der Waals surface area contributed by atoms with Gasteiger partial charge in [0.15, 0.2) is 0 Å². The molecule has 0 spiro atoms. The number of hydrogen-bond donors (Lipinski definition) is 2. The molecule has 0 saturated carbocycles. The fraction of sp³-hybridized carbons (Fsp3) is 0.692. The predicted octanol–water partition coefficient (Wildman–Crippen LogP) is 2.41. The normalized spacial score (nSPS) is 22.4. The van der Waals surface area contributed by atoms with Crippen molar-refractivity contribution in [3.05, 3.63) is 22.4 Å². The van der Waals surface area contributed by atoms with Gasteiger partial charge in [-0.05, 0) is 50.6 Å². The van der Waals surface area contributed by atoms with Crippen molar-refractivity contribution in [2.24, 2.45) is 0 Å². The molecule has 1 aromatic rings. The zero-order valence-corrected chi connectivity index (χ0v) is 10.9. The van der Waals surface area contributed by atoms with Crippen molar-refractivity contribution >= 4 is 11.3 Å². The lowest BCUT2D eigenvalue weighted by molar-refractivity contribution is 0.443. The number of thiophene rings is 1. The molecular formula is C13H22N2S. The Labute approximate surface area is 102 Å². The summed E-state index contributed by atoms with van der Waals surface area (Å²) in [4.78, 5) is 1.48. The molecule has 0 aliphatic carbocycles. The van der Waals surface area contributed by atoms with E-state index in [0.29, 0.717) is 6.04 Å². The molecule has 1 saturated heterocycles. The summed E-state index contributed by atoms with van der Waals surface area (Å²) in [6.45, 7) is 4.62.